The molecule has 2 heterocycles. The maximum absolute atomic E-state index is 13.0. The van der Waals surface area contributed by atoms with Crippen molar-refractivity contribution in [2.45, 2.75) is 19.8 Å². The van der Waals surface area contributed by atoms with Gasteiger partial charge >= 0.3 is 0 Å². The molecule has 2 amide bonds. The van der Waals surface area contributed by atoms with Crippen LogP contribution in [0.5, 0.6) is 0 Å². The van der Waals surface area contributed by atoms with Crippen LogP contribution in [0.1, 0.15) is 29.3 Å². The van der Waals surface area contributed by atoms with Gasteiger partial charge in [-0.05, 0) is 54.4 Å². The van der Waals surface area contributed by atoms with Crippen molar-refractivity contribution in [3.05, 3.63) is 58.6 Å². The monoisotopic (exact) mass is 397 g/mol. The lowest BCUT2D eigenvalue weighted by Gasteiger charge is -2.36. The van der Waals surface area contributed by atoms with Gasteiger partial charge in [-0.25, -0.2) is 0 Å². The van der Waals surface area contributed by atoms with Crippen LogP contribution in [0.25, 0.3) is 0 Å². The quantitative estimate of drug-likeness (QED) is 0.794. The van der Waals surface area contributed by atoms with E-state index < -0.39 is 0 Å². The molecule has 0 N–H and O–H groups in total. The van der Waals surface area contributed by atoms with E-state index in [0.717, 1.165) is 41.5 Å². The smallest absolute Gasteiger partial charge is 0.253 e. The lowest BCUT2D eigenvalue weighted by molar-refractivity contribution is -0.118. The van der Waals surface area contributed by atoms with E-state index in [1.165, 1.54) is 0 Å². The number of piperazine rings is 1. The summed E-state index contributed by atoms with van der Waals surface area (Å²) in [4.78, 5) is 31.0. The number of benzene rings is 2. The summed E-state index contributed by atoms with van der Waals surface area (Å²) >= 11 is 5.96. The summed E-state index contributed by atoms with van der Waals surface area (Å²) in [7, 11) is 0. The highest BCUT2D eigenvalue weighted by atomic mass is 35.5. The first-order chi connectivity index (χ1) is 13.6. The van der Waals surface area contributed by atoms with E-state index in [0.29, 0.717) is 31.6 Å². The Kier molecular flexibility index (Phi) is 5.27. The van der Waals surface area contributed by atoms with Crippen LogP contribution in [-0.2, 0) is 11.2 Å². The lowest BCUT2D eigenvalue weighted by atomic mass is 10.1. The third kappa shape index (κ3) is 3.59. The van der Waals surface area contributed by atoms with E-state index in [2.05, 4.69) is 4.90 Å². The van der Waals surface area contributed by atoms with Crippen molar-refractivity contribution in [2.75, 3.05) is 42.5 Å². The standard InChI is InChI=1S/C22H24ClN3O2/c1-2-21(27)26-10-9-16-15-17(3-8-20(16)26)22(28)25-13-11-24(12-14-25)19-6-4-18(23)5-7-19/h3-8,15H,2,9-14H2,1H3. The van der Waals surface area contributed by atoms with Gasteiger partial charge in [-0.1, -0.05) is 18.5 Å². The van der Waals surface area contributed by atoms with Crippen molar-refractivity contribution in [3.63, 3.8) is 0 Å². The molecule has 0 saturated carbocycles. The molecular formula is C22H24ClN3O2. The third-order valence-electron chi connectivity index (χ3n) is 5.58. The van der Waals surface area contributed by atoms with Crippen molar-refractivity contribution >= 4 is 34.8 Å². The Morgan fingerprint density at radius 3 is 2.36 bits per heavy atom. The van der Waals surface area contributed by atoms with Crippen LogP contribution in [0, 0.1) is 0 Å². The Hall–Kier alpha value is -2.53. The zero-order chi connectivity index (χ0) is 19.7. The summed E-state index contributed by atoms with van der Waals surface area (Å²) in [6, 6.07) is 13.6. The fraction of sp³-hybridized carbons (Fsp3) is 0.364. The van der Waals surface area contributed by atoms with Crippen molar-refractivity contribution < 1.29 is 9.59 Å². The first-order valence-electron chi connectivity index (χ1n) is 9.80. The molecule has 0 radical (unpaired) electrons. The number of hydrogen-bond donors (Lipinski definition) is 0. The van der Waals surface area contributed by atoms with Gasteiger partial charge in [-0.3, -0.25) is 9.59 Å². The number of halogens is 1. The van der Waals surface area contributed by atoms with Gasteiger partial charge in [-0.2, -0.15) is 0 Å². The first kappa shape index (κ1) is 18.8. The highest BCUT2D eigenvalue weighted by molar-refractivity contribution is 6.30. The summed E-state index contributed by atoms with van der Waals surface area (Å²) < 4.78 is 0. The number of amides is 2. The molecule has 2 aromatic rings. The van der Waals surface area contributed by atoms with Gasteiger partial charge in [0.05, 0.1) is 0 Å². The van der Waals surface area contributed by atoms with E-state index in [-0.39, 0.29) is 11.8 Å². The second-order valence-electron chi connectivity index (χ2n) is 7.25. The van der Waals surface area contributed by atoms with Crippen molar-refractivity contribution in [1.82, 2.24) is 4.90 Å². The predicted octanol–water partition coefficient (Wildman–Crippen LogP) is 3.60. The number of carbonyl (C=O) groups is 2. The average molecular weight is 398 g/mol. The molecule has 1 saturated heterocycles. The molecule has 2 aliphatic rings. The molecule has 6 heteroatoms. The van der Waals surface area contributed by atoms with Gasteiger partial charge in [0.2, 0.25) is 5.91 Å². The van der Waals surface area contributed by atoms with Crippen LogP contribution in [0.2, 0.25) is 5.02 Å². The Morgan fingerprint density at radius 2 is 1.68 bits per heavy atom. The van der Waals surface area contributed by atoms with E-state index in [1.807, 2.05) is 59.2 Å². The molecule has 0 aromatic heterocycles. The van der Waals surface area contributed by atoms with E-state index in [9.17, 15) is 9.59 Å². The molecule has 2 aromatic carbocycles. The van der Waals surface area contributed by atoms with Gasteiger partial charge in [0.1, 0.15) is 0 Å². The van der Waals surface area contributed by atoms with Crippen molar-refractivity contribution in [3.8, 4) is 0 Å². The van der Waals surface area contributed by atoms with Gasteiger partial charge < -0.3 is 14.7 Å². The molecule has 28 heavy (non-hydrogen) atoms. The first-order valence-corrected chi connectivity index (χ1v) is 10.2. The molecule has 0 aliphatic carbocycles. The summed E-state index contributed by atoms with van der Waals surface area (Å²) in [5.74, 6) is 0.204. The molecular weight excluding hydrogens is 374 g/mol. The number of rotatable bonds is 3. The zero-order valence-corrected chi connectivity index (χ0v) is 16.8. The fourth-order valence-electron chi connectivity index (χ4n) is 3.99. The lowest BCUT2D eigenvalue weighted by Crippen LogP contribution is -2.48. The fourth-order valence-corrected chi connectivity index (χ4v) is 4.11. The van der Waals surface area contributed by atoms with Gasteiger partial charge in [-0.15, -0.1) is 0 Å². The van der Waals surface area contributed by atoms with Crippen LogP contribution < -0.4 is 9.80 Å². The largest absolute Gasteiger partial charge is 0.368 e. The second kappa shape index (κ2) is 7.84. The summed E-state index contributed by atoms with van der Waals surface area (Å²) in [5.41, 5.74) is 3.89. The van der Waals surface area contributed by atoms with Crippen LogP contribution in [0.15, 0.2) is 42.5 Å². The average Bonchev–Trinajstić information content (AvgIpc) is 3.16. The highest BCUT2D eigenvalue weighted by Gasteiger charge is 2.27. The molecule has 0 unspecified atom stereocenters. The Bertz CT molecular complexity index is 889. The summed E-state index contributed by atoms with van der Waals surface area (Å²) in [5, 5.41) is 0.730. The zero-order valence-electron chi connectivity index (χ0n) is 16.0. The minimum Gasteiger partial charge on any atom is -0.368 e. The molecule has 2 aliphatic heterocycles. The second-order valence-corrected chi connectivity index (χ2v) is 7.68. The molecule has 5 nitrogen and oxygen atoms in total. The molecule has 1 fully saturated rings. The maximum atomic E-state index is 13.0. The van der Waals surface area contributed by atoms with E-state index in [4.69, 9.17) is 11.6 Å². The topological polar surface area (TPSA) is 43.9 Å². The number of carbonyl (C=O) groups excluding carboxylic acids is 2. The van der Waals surface area contributed by atoms with Gasteiger partial charge in [0.25, 0.3) is 5.91 Å². The van der Waals surface area contributed by atoms with Crippen molar-refractivity contribution in [2.24, 2.45) is 0 Å². The van der Waals surface area contributed by atoms with Crippen LogP contribution in [0.4, 0.5) is 11.4 Å². The van der Waals surface area contributed by atoms with Crippen LogP contribution in [-0.4, -0.2) is 49.4 Å². The van der Waals surface area contributed by atoms with E-state index >= 15 is 0 Å². The number of anilines is 2. The van der Waals surface area contributed by atoms with Gasteiger partial charge in [0.15, 0.2) is 0 Å². The highest BCUT2D eigenvalue weighted by Crippen LogP contribution is 2.30. The summed E-state index contributed by atoms with van der Waals surface area (Å²) in [6.07, 6.45) is 1.31. The van der Waals surface area contributed by atoms with Crippen LogP contribution >= 0.6 is 11.6 Å². The molecule has 4 rings (SSSR count). The maximum Gasteiger partial charge on any atom is 0.253 e. The molecule has 0 spiro atoms. The number of fused-ring (bicyclic) bond motifs is 1. The molecule has 146 valence electrons. The normalized spacial score (nSPS) is 16.3. The number of nitrogens with zero attached hydrogens (tertiary/aromatic N) is 3. The van der Waals surface area contributed by atoms with Gasteiger partial charge in [0, 0.05) is 61.1 Å². The number of hydrogen-bond acceptors (Lipinski definition) is 3. The Labute approximate surface area is 170 Å². The minimum absolute atomic E-state index is 0.0684. The Balaban J connectivity index is 1.42. The van der Waals surface area contributed by atoms with Crippen molar-refractivity contribution in [1.29, 1.82) is 0 Å². The van der Waals surface area contributed by atoms with E-state index in [1.54, 1.807) is 0 Å². The third-order valence-corrected chi connectivity index (χ3v) is 5.84. The van der Waals surface area contributed by atoms with Crippen LogP contribution in [0.3, 0.4) is 0 Å². The Morgan fingerprint density at radius 1 is 0.964 bits per heavy atom. The summed E-state index contributed by atoms with van der Waals surface area (Å²) in [6.45, 7) is 5.58. The molecule has 0 atom stereocenters. The SMILES string of the molecule is CCC(=O)N1CCc2cc(C(=O)N3CCN(c4ccc(Cl)cc4)CC3)ccc21. The minimum atomic E-state index is 0.0684. The predicted molar refractivity (Wildman–Crippen MR) is 112 cm³/mol. The molecule has 0 bridgehead atoms.